The number of hydrogen-bond acceptors (Lipinski definition) is 3. The highest BCUT2D eigenvalue weighted by molar-refractivity contribution is 5.77. The highest BCUT2D eigenvalue weighted by Crippen LogP contribution is 1.90. The van der Waals surface area contributed by atoms with Gasteiger partial charge in [0.05, 0.1) is 6.54 Å². The van der Waals surface area contributed by atoms with Crippen LogP contribution in [0.3, 0.4) is 0 Å². The second-order valence-corrected chi connectivity index (χ2v) is 2.97. The molecule has 0 aliphatic carbocycles. The van der Waals surface area contributed by atoms with Gasteiger partial charge in [-0.05, 0) is 27.2 Å². The lowest BCUT2D eigenvalue weighted by Gasteiger charge is -2.11. The molecule has 0 rings (SSSR count). The molecule has 3 nitrogen and oxygen atoms in total. The molecule has 0 aliphatic rings. The predicted molar refractivity (Wildman–Crippen MR) is 49.3 cm³/mol. The lowest BCUT2D eigenvalue weighted by atomic mass is 10.2. The standard InChI is InChI=1S/C9H19NO2/c1-4-12-6-5-8(2)10-7-9(3)11/h8,10H,4-7H2,1-3H3. The summed E-state index contributed by atoms with van der Waals surface area (Å²) in [7, 11) is 0. The van der Waals surface area contributed by atoms with E-state index in [0.29, 0.717) is 12.6 Å². The van der Waals surface area contributed by atoms with Gasteiger partial charge in [0.1, 0.15) is 5.78 Å². The van der Waals surface area contributed by atoms with E-state index in [1.807, 2.05) is 6.92 Å². The normalized spacial score (nSPS) is 12.9. The smallest absolute Gasteiger partial charge is 0.143 e. The monoisotopic (exact) mass is 173 g/mol. The third-order valence-corrected chi connectivity index (χ3v) is 1.60. The van der Waals surface area contributed by atoms with Crippen LogP contribution >= 0.6 is 0 Å². The molecule has 0 spiro atoms. The van der Waals surface area contributed by atoms with E-state index in [0.717, 1.165) is 19.6 Å². The van der Waals surface area contributed by atoms with E-state index in [4.69, 9.17) is 4.74 Å². The molecule has 1 unspecified atom stereocenters. The maximum absolute atomic E-state index is 10.6. The molecular formula is C9H19NO2. The summed E-state index contributed by atoms with van der Waals surface area (Å²) in [6.45, 7) is 7.62. The molecule has 0 aromatic heterocycles. The van der Waals surface area contributed by atoms with Gasteiger partial charge in [0.2, 0.25) is 0 Å². The van der Waals surface area contributed by atoms with E-state index in [-0.39, 0.29) is 5.78 Å². The van der Waals surface area contributed by atoms with Gasteiger partial charge in [-0.2, -0.15) is 0 Å². The Morgan fingerprint density at radius 2 is 2.25 bits per heavy atom. The Morgan fingerprint density at radius 3 is 2.75 bits per heavy atom. The Bertz CT molecular complexity index is 126. The average Bonchev–Trinajstić information content (AvgIpc) is 2.01. The van der Waals surface area contributed by atoms with E-state index in [9.17, 15) is 4.79 Å². The summed E-state index contributed by atoms with van der Waals surface area (Å²) >= 11 is 0. The fourth-order valence-corrected chi connectivity index (χ4v) is 0.824. The van der Waals surface area contributed by atoms with Crippen molar-refractivity contribution in [2.75, 3.05) is 19.8 Å². The molecule has 0 saturated carbocycles. The Hall–Kier alpha value is -0.410. The molecule has 0 aliphatic heterocycles. The lowest BCUT2D eigenvalue weighted by Crippen LogP contribution is -2.31. The van der Waals surface area contributed by atoms with Crippen LogP contribution in [-0.4, -0.2) is 31.6 Å². The average molecular weight is 173 g/mol. The molecule has 0 amide bonds. The first kappa shape index (κ1) is 11.6. The van der Waals surface area contributed by atoms with E-state index in [1.54, 1.807) is 6.92 Å². The minimum Gasteiger partial charge on any atom is -0.382 e. The molecule has 1 N–H and O–H groups in total. The van der Waals surface area contributed by atoms with Gasteiger partial charge in [0.25, 0.3) is 0 Å². The molecule has 0 bridgehead atoms. The molecule has 0 fully saturated rings. The number of hydrogen-bond donors (Lipinski definition) is 1. The first-order chi connectivity index (χ1) is 5.66. The van der Waals surface area contributed by atoms with Crippen LogP contribution in [0.25, 0.3) is 0 Å². The summed E-state index contributed by atoms with van der Waals surface area (Å²) in [4.78, 5) is 10.6. The third-order valence-electron chi connectivity index (χ3n) is 1.60. The van der Waals surface area contributed by atoms with Crippen molar-refractivity contribution in [3.63, 3.8) is 0 Å². The van der Waals surface area contributed by atoms with Crippen molar-refractivity contribution in [1.82, 2.24) is 5.32 Å². The molecule has 3 heteroatoms. The summed E-state index contributed by atoms with van der Waals surface area (Å²) in [6.07, 6.45) is 0.959. The van der Waals surface area contributed by atoms with Crippen molar-refractivity contribution < 1.29 is 9.53 Å². The molecular weight excluding hydrogens is 154 g/mol. The van der Waals surface area contributed by atoms with Crippen molar-refractivity contribution in [2.24, 2.45) is 0 Å². The van der Waals surface area contributed by atoms with E-state index < -0.39 is 0 Å². The van der Waals surface area contributed by atoms with Gasteiger partial charge in [0, 0.05) is 19.3 Å². The zero-order valence-electron chi connectivity index (χ0n) is 8.22. The first-order valence-electron chi connectivity index (χ1n) is 4.47. The summed E-state index contributed by atoms with van der Waals surface area (Å²) < 4.78 is 5.19. The van der Waals surface area contributed by atoms with Crippen molar-refractivity contribution in [3.05, 3.63) is 0 Å². The number of carbonyl (C=O) groups excluding carboxylic acids is 1. The molecule has 0 saturated heterocycles. The van der Waals surface area contributed by atoms with Gasteiger partial charge in [0.15, 0.2) is 0 Å². The number of nitrogens with one attached hydrogen (secondary N) is 1. The molecule has 0 aromatic rings. The minimum atomic E-state index is 0.179. The van der Waals surface area contributed by atoms with Crippen LogP contribution in [-0.2, 0) is 9.53 Å². The molecule has 0 radical (unpaired) electrons. The Labute approximate surface area is 74.5 Å². The zero-order chi connectivity index (χ0) is 9.40. The summed E-state index contributed by atoms with van der Waals surface area (Å²) in [6, 6.07) is 0.362. The first-order valence-corrected chi connectivity index (χ1v) is 4.47. The van der Waals surface area contributed by atoms with E-state index >= 15 is 0 Å². The van der Waals surface area contributed by atoms with Gasteiger partial charge in [-0.15, -0.1) is 0 Å². The number of rotatable bonds is 7. The van der Waals surface area contributed by atoms with Gasteiger partial charge in [-0.3, -0.25) is 4.79 Å². The predicted octanol–water partition coefficient (Wildman–Crippen LogP) is 0.980. The number of ketones is 1. The SMILES string of the molecule is CCOCCC(C)NCC(C)=O. The molecule has 72 valence electrons. The van der Waals surface area contributed by atoms with Crippen molar-refractivity contribution in [1.29, 1.82) is 0 Å². The van der Waals surface area contributed by atoms with Crippen molar-refractivity contribution >= 4 is 5.78 Å². The second-order valence-electron chi connectivity index (χ2n) is 2.97. The number of carbonyl (C=O) groups is 1. The van der Waals surface area contributed by atoms with Gasteiger partial charge in [-0.25, -0.2) is 0 Å². The Balaban J connectivity index is 3.21. The number of ether oxygens (including phenoxy) is 1. The van der Waals surface area contributed by atoms with E-state index in [2.05, 4.69) is 12.2 Å². The maximum Gasteiger partial charge on any atom is 0.143 e. The van der Waals surface area contributed by atoms with Gasteiger partial charge < -0.3 is 10.1 Å². The molecule has 0 aromatic carbocycles. The van der Waals surface area contributed by atoms with Crippen LogP contribution in [0.4, 0.5) is 0 Å². The molecule has 12 heavy (non-hydrogen) atoms. The van der Waals surface area contributed by atoms with Crippen LogP contribution in [0.1, 0.15) is 27.2 Å². The third kappa shape index (κ3) is 7.69. The zero-order valence-corrected chi connectivity index (χ0v) is 8.22. The second kappa shape index (κ2) is 7.25. The lowest BCUT2D eigenvalue weighted by molar-refractivity contribution is -0.116. The summed E-state index contributed by atoms with van der Waals surface area (Å²) in [5.74, 6) is 0.179. The Kier molecular flexibility index (Phi) is 7.00. The van der Waals surface area contributed by atoms with Crippen LogP contribution in [0, 0.1) is 0 Å². The summed E-state index contributed by atoms with van der Waals surface area (Å²) in [5, 5.41) is 3.11. The molecule has 1 atom stereocenters. The van der Waals surface area contributed by atoms with Gasteiger partial charge >= 0.3 is 0 Å². The highest BCUT2D eigenvalue weighted by Gasteiger charge is 2.01. The van der Waals surface area contributed by atoms with Crippen LogP contribution in [0.2, 0.25) is 0 Å². The molecule has 0 heterocycles. The van der Waals surface area contributed by atoms with E-state index in [1.165, 1.54) is 0 Å². The van der Waals surface area contributed by atoms with Crippen LogP contribution in [0.5, 0.6) is 0 Å². The fourth-order valence-electron chi connectivity index (χ4n) is 0.824. The quantitative estimate of drug-likeness (QED) is 0.583. The largest absolute Gasteiger partial charge is 0.382 e. The van der Waals surface area contributed by atoms with Crippen molar-refractivity contribution in [3.8, 4) is 0 Å². The topological polar surface area (TPSA) is 38.3 Å². The minimum absolute atomic E-state index is 0.179. The highest BCUT2D eigenvalue weighted by atomic mass is 16.5. The number of Topliss-reactive ketones (excluding diaryl/α,β-unsaturated/α-hetero) is 1. The maximum atomic E-state index is 10.6. The summed E-state index contributed by atoms with van der Waals surface area (Å²) in [5.41, 5.74) is 0. The van der Waals surface area contributed by atoms with Crippen LogP contribution in [0.15, 0.2) is 0 Å². The van der Waals surface area contributed by atoms with Crippen molar-refractivity contribution in [2.45, 2.75) is 33.2 Å². The fraction of sp³-hybridized carbons (Fsp3) is 0.889. The Morgan fingerprint density at radius 1 is 1.58 bits per heavy atom. The van der Waals surface area contributed by atoms with Crippen LogP contribution < -0.4 is 5.32 Å². The van der Waals surface area contributed by atoms with Gasteiger partial charge in [-0.1, -0.05) is 0 Å².